The number of aryl methyl sites for hydroxylation is 2. The summed E-state index contributed by atoms with van der Waals surface area (Å²) in [5, 5.41) is 4.29. The number of rotatable bonds is 4. The largest absolute Gasteiger partial charge is 0.298 e. The lowest BCUT2D eigenvalue weighted by atomic mass is 9.91. The Kier molecular flexibility index (Phi) is 4.80. The van der Waals surface area contributed by atoms with Gasteiger partial charge in [0.15, 0.2) is 0 Å². The molecular weight excluding hydrogens is 322 g/mol. The molecule has 0 saturated carbocycles. The lowest BCUT2D eigenvalue weighted by Gasteiger charge is -2.32. The topological polar surface area (TPSA) is 46.8 Å². The molecule has 2 aromatic heterocycles. The molecule has 1 unspecified atom stereocenters. The zero-order valence-electron chi connectivity index (χ0n) is 15.5. The fourth-order valence-corrected chi connectivity index (χ4v) is 3.90. The highest BCUT2D eigenvalue weighted by molar-refractivity contribution is 5.63. The zero-order valence-corrected chi connectivity index (χ0v) is 15.5. The fraction of sp³-hybridized carbons (Fsp3) is 0.381. The summed E-state index contributed by atoms with van der Waals surface area (Å²) in [5.74, 6) is 0.421. The summed E-state index contributed by atoms with van der Waals surface area (Å²) in [7, 11) is 1.97. The highest BCUT2D eigenvalue weighted by Crippen LogP contribution is 2.32. The number of aromatic nitrogens is 4. The number of benzene rings is 1. The third-order valence-corrected chi connectivity index (χ3v) is 5.07. The van der Waals surface area contributed by atoms with Gasteiger partial charge in [-0.05, 0) is 32.4 Å². The molecule has 0 aliphatic carbocycles. The molecule has 1 atom stereocenters. The molecule has 1 fully saturated rings. The van der Waals surface area contributed by atoms with Crippen molar-refractivity contribution in [3.63, 3.8) is 0 Å². The average molecular weight is 347 g/mol. The molecule has 1 aromatic carbocycles. The Morgan fingerprint density at radius 1 is 1.19 bits per heavy atom. The van der Waals surface area contributed by atoms with Gasteiger partial charge in [-0.2, -0.15) is 5.10 Å². The third-order valence-electron chi connectivity index (χ3n) is 5.07. The van der Waals surface area contributed by atoms with Crippen molar-refractivity contribution >= 4 is 0 Å². The minimum atomic E-state index is 0.421. The van der Waals surface area contributed by atoms with E-state index in [1.54, 1.807) is 6.20 Å². The Labute approximate surface area is 154 Å². The maximum absolute atomic E-state index is 4.75. The van der Waals surface area contributed by atoms with Gasteiger partial charge >= 0.3 is 0 Å². The first-order chi connectivity index (χ1) is 12.7. The van der Waals surface area contributed by atoms with Crippen LogP contribution in [0.4, 0.5) is 0 Å². The Bertz CT molecular complexity index is 885. The van der Waals surface area contributed by atoms with Crippen molar-refractivity contribution in [2.24, 2.45) is 7.05 Å². The van der Waals surface area contributed by atoms with Crippen molar-refractivity contribution in [1.29, 1.82) is 0 Å². The van der Waals surface area contributed by atoms with E-state index in [1.165, 1.54) is 24.0 Å². The van der Waals surface area contributed by atoms with Crippen LogP contribution in [-0.2, 0) is 13.6 Å². The van der Waals surface area contributed by atoms with Gasteiger partial charge in [0.1, 0.15) is 0 Å². The van der Waals surface area contributed by atoms with Crippen molar-refractivity contribution in [3.05, 3.63) is 65.9 Å². The minimum Gasteiger partial charge on any atom is -0.298 e. The van der Waals surface area contributed by atoms with Gasteiger partial charge in [-0.25, -0.2) is 0 Å². The number of hydrogen-bond acceptors (Lipinski definition) is 4. The van der Waals surface area contributed by atoms with E-state index in [9.17, 15) is 0 Å². The number of piperidine rings is 1. The minimum absolute atomic E-state index is 0.421. The molecule has 4 rings (SSSR count). The predicted octanol–water partition coefficient (Wildman–Crippen LogP) is 3.57. The van der Waals surface area contributed by atoms with Gasteiger partial charge in [-0.15, -0.1) is 0 Å². The van der Waals surface area contributed by atoms with E-state index in [4.69, 9.17) is 4.98 Å². The molecule has 1 aliphatic rings. The third kappa shape index (κ3) is 3.68. The molecule has 1 aliphatic heterocycles. The van der Waals surface area contributed by atoms with Crippen LogP contribution in [0.5, 0.6) is 0 Å². The van der Waals surface area contributed by atoms with E-state index in [-0.39, 0.29) is 0 Å². The molecule has 0 amide bonds. The Balaban J connectivity index is 1.57. The number of nitrogens with zero attached hydrogens (tertiary/aromatic N) is 5. The molecule has 3 heterocycles. The standard InChI is InChI=1S/C21H25N5/c1-16-5-3-6-18(11-16)20-21(23-9-8-22-20)19-7-4-10-26(15-19)14-17-12-24-25(2)13-17/h3,5-6,8-9,11-13,19H,4,7,10,14-15H2,1-2H3. The molecule has 3 aromatic rings. The Morgan fingerprint density at radius 3 is 2.88 bits per heavy atom. The zero-order chi connectivity index (χ0) is 17.9. The van der Waals surface area contributed by atoms with Crippen molar-refractivity contribution in [1.82, 2.24) is 24.6 Å². The first-order valence-corrected chi connectivity index (χ1v) is 9.27. The lowest BCUT2D eigenvalue weighted by Crippen LogP contribution is -2.34. The van der Waals surface area contributed by atoms with Gasteiger partial charge in [0, 0.05) is 55.8 Å². The molecule has 0 bridgehead atoms. The Hall–Kier alpha value is -2.53. The van der Waals surface area contributed by atoms with Crippen LogP contribution >= 0.6 is 0 Å². The van der Waals surface area contributed by atoms with E-state index in [1.807, 2.05) is 24.1 Å². The fourth-order valence-electron chi connectivity index (χ4n) is 3.90. The molecule has 26 heavy (non-hydrogen) atoms. The second-order valence-corrected chi connectivity index (χ2v) is 7.26. The van der Waals surface area contributed by atoms with Gasteiger partial charge < -0.3 is 0 Å². The first kappa shape index (κ1) is 16.9. The van der Waals surface area contributed by atoms with Crippen LogP contribution in [0.25, 0.3) is 11.3 Å². The summed E-state index contributed by atoms with van der Waals surface area (Å²) in [4.78, 5) is 11.9. The molecule has 1 saturated heterocycles. The summed E-state index contributed by atoms with van der Waals surface area (Å²) in [6.45, 7) is 5.22. The van der Waals surface area contributed by atoms with E-state index in [0.717, 1.165) is 36.6 Å². The quantitative estimate of drug-likeness (QED) is 0.724. The van der Waals surface area contributed by atoms with Crippen molar-refractivity contribution in [2.75, 3.05) is 13.1 Å². The highest BCUT2D eigenvalue weighted by Gasteiger charge is 2.25. The molecular formula is C21H25N5. The van der Waals surface area contributed by atoms with Crippen LogP contribution in [0.15, 0.2) is 49.1 Å². The predicted molar refractivity (Wildman–Crippen MR) is 103 cm³/mol. The van der Waals surface area contributed by atoms with Crippen molar-refractivity contribution < 1.29 is 0 Å². The number of hydrogen-bond donors (Lipinski definition) is 0. The van der Waals surface area contributed by atoms with Gasteiger partial charge in [0.25, 0.3) is 0 Å². The van der Waals surface area contributed by atoms with Gasteiger partial charge in [-0.1, -0.05) is 23.8 Å². The monoisotopic (exact) mass is 347 g/mol. The molecule has 5 nitrogen and oxygen atoms in total. The lowest BCUT2D eigenvalue weighted by molar-refractivity contribution is 0.198. The second-order valence-electron chi connectivity index (χ2n) is 7.26. The SMILES string of the molecule is Cc1cccc(-c2nccnc2C2CCCN(Cc3cnn(C)c3)C2)c1. The number of likely N-dealkylation sites (tertiary alicyclic amines) is 1. The molecule has 0 N–H and O–H groups in total. The van der Waals surface area contributed by atoms with E-state index < -0.39 is 0 Å². The van der Waals surface area contributed by atoms with Crippen molar-refractivity contribution in [3.8, 4) is 11.3 Å². The van der Waals surface area contributed by atoms with Crippen LogP contribution in [0.3, 0.4) is 0 Å². The maximum atomic E-state index is 4.75. The summed E-state index contributed by atoms with van der Waals surface area (Å²) < 4.78 is 1.87. The van der Waals surface area contributed by atoms with Crippen LogP contribution < -0.4 is 0 Å². The summed E-state index contributed by atoms with van der Waals surface area (Å²) in [6, 6.07) is 8.55. The first-order valence-electron chi connectivity index (χ1n) is 9.27. The Morgan fingerprint density at radius 2 is 2.08 bits per heavy atom. The normalized spacial score (nSPS) is 18.2. The van der Waals surface area contributed by atoms with Crippen LogP contribution in [0, 0.1) is 6.92 Å². The molecule has 134 valence electrons. The van der Waals surface area contributed by atoms with Crippen molar-refractivity contribution in [2.45, 2.75) is 32.2 Å². The molecule has 0 spiro atoms. The smallest absolute Gasteiger partial charge is 0.0920 e. The molecule has 0 radical (unpaired) electrons. The van der Waals surface area contributed by atoms with Gasteiger partial charge in [-0.3, -0.25) is 19.5 Å². The van der Waals surface area contributed by atoms with Gasteiger partial charge in [0.05, 0.1) is 17.6 Å². The summed E-state index contributed by atoms with van der Waals surface area (Å²) in [6.07, 6.45) is 10.1. The van der Waals surface area contributed by atoms with E-state index in [2.05, 4.69) is 52.4 Å². The maximum Gasteiger partial charge on any atom is 0.0920 e. The summed E-state index contributed by atoms with van der Waals surface area (Å²) >= 11 is 0. The van der Waals surface area contributed by atoms with E-state index >= 15 is 0 Å². The second kappa shape index (κ2) is 7.38. The van der Waals surface area contributed by atoms with Crippen LogP contribution in [-0.4, -0.2) is 37.7 Å². The van der Waals surface area contributed by atoms with Crippen LogP contribution in [0.2, 0.25) is 0 Å². The highest BCUT2D eigenvalue weighted by atomic mass is 15.2. The van der Waals surface area contributed by atoms with Gasteiger partial charge in [0.2, 0.25) is 0 Å². The molecule has 5 heteroatoms. The summed E-state index contributed by atoms with van der Waals surface area (Å²) in [5.41, 5.74) is 5.85. The van der Waals surface area contributed by atoms with E-state index in [0.29, 0.717) is 5.92 Å². The average Bonchev–Trinajstić information content (AvgIpc) is 3.07. The van der Waals surface area contributed by atoms with Crippen LogP contribution in [0.1, 0.15) is 35.6 Å².